The van der Waals surface area contributed by atoms with E-state index in [0.29, 0.717) is 12.1 Å². The molecule has 0 atom stereocenters. The number of carboxylic acid groups (broad SMARTS) is 1. The predicted molar refractivity (Wildman–Crippen MR) is 94.3 cm³/mol. The number of carboxylic acids is 1. The van der Waals surface area contributed by atoms with Gasteiger partial charge in [-0.05, 0) is 29.3 Å². The molecular formula is C20H17NO3. The van der Waals surface area contributed by atoms with Crippen LogP contribution in [-0.2, 0) is 6.54 Å². The molecule has 4 nitrogen and oxygen atoms in total. The summed E-state index contributed by atoms with van der Waals surface area (Å²) in [5.41, 5.74) is 3.62. The molecule has 0 spiro atoms. The summed E-state index contributed by atoms with van der Waals surface area (Å²) in [5.74, 6) is -1.33. The van der Waals surface area contributed by atoms with Crippen molar-refractivity contribution in [3.05, 3.63) is 83.9 Å². The SMILES string of the molecule is O=C(O)c1cccc(CNc2ccc(-c3ccccc3)cc2)c1O. The Morgan fingerprint density at radius 2 is 1.50 bits per heavy atom. The van der Waals surface area contributed by atoms with Crippen molar-refractivity contribution in [1.82, 2.24) is 0 Å². The maximum absolute atomic E-state index is 11.0. The molecule has 0 bridgehead atoms. The molecule has 120 valence electrons. The van der Waals surface area contributed by atoms with Crippen LogP contribution in [0.5, 0.6) is 5.75 Å². The van der Waals surface area contributed by atoms with Gasteiger partial charge in [0.05, 0.1) is 0 Å². The van der Waals surface area contributed by atoms with Crippen LogP contribution in [0.2, 0.25) is 0 Å². The Morgan fingerprint density at radius 3 is 2.17 bits per heavy atom. The molecule has 3 rings (SSSR count). The number of aromatic carboxylic acids is 1. The van der Waals surface area contributed by atoms with E-state index in [1.165, 1.54) is 6.07 Å². The maximum atomic E-state index is 11.0. The number of rotatable bonds is 5. The van der Waals surface area contributed by atoms with E-state index in [1.54, 1.807) is 12.1 Å². The zero-order valence-corrected chi connectivity index (χ0v) is 12.9. The minimum atomic E-state index is -1.14. The van der Waals surface area contributed by atoms with E-state index in [1.807, 2.05) is 42.5 Å². The van der Waals surface area contributed by atoms with Gasteiger partial charge in [0.1, 0.15) is 11.3 Å². The fourth-order valence-corrected chi connectivity index (χ4v) is 2.51. The number of nitrogens with one attached hydrogen (secondary N) is 1. The van der Waals surface area contributed by atoms with Crippen molar-refractivity contribution in [2.24, 2.45) is 0 Å². The number of carbonyl (C=O) groups is 1. The molecule has 3 N–H and O–H groups in total. The first-order valence-electron chi connectivity index (χ1n) is 7.58. The third-order valence-electron chi connectivity index (χ3n) is 3.82. The van der Waals surface area contributed by atoms with Crippen molar-refractivity contribution in [2.45, 2.75) is 6.54 Å². The Morgan fingerprint density at radius 1 is 0.833 bits per heavy atom. The molecular weight excluding hydrogens is 302 g/mol. The highest BCUT2D eigenvalue weighted by Gasteiger charge is 2.12. The van der Waals surface area contributed by atoms with Crippen LogP contribution in [0.4, 0.5) is 5.69 Å². The number of benzene rings is 3. The van der Waals surface area contributed by atoms with Crippen molar-refractivity contribution in [3.8, 4) is 16.9 Å². The minimum Gasteiger partial charge on any atom is -0.507 e. The van der Waals surface area contributed by atoms with Crippen LogP contribution in [0, 0.1) is 0 Å². The molecule has 0 aliphatic rings. The average Bonchev–Trinajstić information content (AvgIpc) is 2.62. The second kappa shape index (κ2) is 6.87. The minimum absolute atomic E-state index is 0.0891. The number of aromatic hydroxyl groups is 1. The van der Waals surface area contributed by atoms with Crippen LogP contribution in [0.25, 0.3) is 11.1 Å². The molecule has 0 saturated heterocycles. The summed E-state index contributed by atoms with van der Waals surface area (Å²) in [6.45, 7) is 0.345. The highest BCUT2D eigenvalue weighted by Crippen LogP contribution is 2.25. The van der Waals surface area contributed by atoms with Crippen molar-refractivity contribution in [3.63, 3.8) is 0 Å². The molecule has 0 saturated carbocycles. The predicted octanol–water partition coefficient (Wildman–Crippen LogP) is 4.37. The van der Waals surface area contributed by atoms with Gasteiger partial charge in [0.15, 0.2) is 0 Å². The van der Waals surface area contributed by atoms with Gasteiger partial charge in [0, 0.05) is 17.8 Å². The third kappa shape index (κ3) is 3.38. The molecule has 0 aliphatic carbocycles. The number of phenols is 1. The van der Waals surface area contributed by atoms with Gasteiger partial charge in [-0.25, -0.2) is 4.79 Å². The quantitative estimate of drug-likeness (QED) is 0.653. The molecule has 3 aromatic rings. The van der Waals surface area contributed by atoms with Gasteiger partial charge in [-0.2, -0.15) is 0 Å². The smallest absolute Gasteiger partial charge is 0.339 e. The van der Waals surface area contributed by atoms with Gasteiger partial charge in [-0.15, -0.1) is 0 Å². The number of hydrogen-bond acceptors (Lipinski definition) is 3. The van der Waals surface area contributed by atoms with Crippen LogP contribution in [0.3, 0.4) is 0 Å². The monoisotopic (exact) mass is 319 g/mol. The first-order chi connectivity index (χ1) is 11.6. The maximum Gasteiger partial charge on any atom is 0.339 e. The Kier molecular flexibility index (Phi) is 4.47. The first-order valence-corrected chi connectivity index (χ1v) is 7.58. The summed E-state index contributed by atoms with van der Waals surface area (Å²) in [6.07, 6.45) is 0. The van der Waals surface area contributed by atoms with E-state index in [2.05, 4.69) is 17.4 Å². The van der Waals surface area contributed by atoms with E-state index < -0.39 is 5.97 Å². The second-order valence-corrected chi connectivity index (χ2v) is 5.42. The van der Waals surface area contributed by atoms with E-state index in [0.717, 1.165) is 16.8 Å². The van der Waals surface area contributed by atoms with Gasteiger partial charge >= 0.3 is 5.97 Å². The highest BCUT2D eigenvalue weighted by atomic mass is 16.4. The van der Waals surface area contributed by atoms with Gasteiger partial charge in [-0.3, -0.25) is 0 Å². The zero-order chi connectivity index (χ0) is 16.9. The Balaban J connectivity index is 1.72. The third-order valence-corrected chi connectivity index (χ3v) is 3.82. The number of hydrogen-bond donors (Lipinski definition) is 3. The normalized spacial score (nSPS) is 10.3. The lowest BCUT2D eigenvalue weighted by Gasteiger charge is -2.10. The lowest BCUT2D eigenvalue weighted by molar-refractivity contribution is 0.0693. The average molecular weight is 319 g/mol. The summed E-state index contributed by atoms with van der Waals surface area (Å²) in [5, 5.41) is 22.2. The summed E-state index contributed by atoms with van der Waals surface area (Å²) < 4.78 is 0. The fraction of sp³-hybridized carbons (Fsp3) is 0.0500. The van der Waals surface area contributed by atoms with Gasteiger partial charge < -0.3 is 15.5 Å². The number of anilines is 1. The van der Waals surface area contributed by atoms with Crippen LogP contribution in [0.1, 0.15) is 15.9 Å². The van der Waals surface area contributed by atoms with Gasteiger partial charge in [0.25, 0.3) is 0 Å². The van der Waals surface area contributed by atoms with Crippen molar-refractivity contribution >= 4 is 11.7 Å². The van der Waals surface area contributed by atoms with Crippen LogP contribution in [0.15, 0.2) is 72.8 Å². The van der Waals surface area contributed by atoms with Crippen molar-refractivity contribution < 1.29 is 15.0 Å². The summed E-state index contributed by atoms with van der Waals surface area (Å²) in [6, 6.07) is 22.8. The van der Waals surface area contributed by atoms with Crippen LogP contribution >= 0.6 is 0 Å². The van der Waals surface area contributed by atoms with Gasteiger partial charge in [-0.1, -0.05) is 54.6 Å². The molecule has 0 fully saturated rings. The molecule has 0 heterocycles. The first kappa shape index (κ1) is 15.6. The summed E-state index contributed by atoms with van der Waals surface area (Å²) in [7, 11) is 0. The molecule has 0 unspecified atom stereocenters. The second-order valence-electron chi connectivity index (χ2n) is 5.42. The molecule has 0 aliphatic heterocycles. The Bertz CT molecular complexity index is 843. The molecule has 0 amide bonds. The fourth-order valence-electron chi connectivity index (χ4n) is 2.51. The zero-order valence-electron chi connectivity index (χ0n) is 12.9. The summed E-state index contributed by atoms with van der Waals surface area (Å²) >= 11 is 0. The van der Waals surface area contributed by atoms with E-state index in [9.17, 15) is 9.90 Å². The molecule has 4 heteroatoms. The van der Waals surface area contributed by atoms with Crippen molar-refractivity contribution in [1.29, 1.82) is 0 Å². The molecule has 24 heavy (non-hydrogen) atoms. The highest BCUT2D eigenvalue weighted by molar-refractivity contribution is 5.91. The molecule has 3 aromatic carbocycles. The standard InChI is InChI=1S/C20H17NO3/c22-19-16(7-4-8-18(19)20(23)24)13-21-17-11-9-15(10-12-17)14-5-2-1-3-6-14/h1-12,21-22H,13H2,(H,23,24). The Labute approximate surface area is 140 Å². The summed E-state index contributed by atoms with van der Waals surface area (Å²) in [4.78, 5) is 11.0. The Hall–Kier alpha value is -3.27. The van der Waals surface area contributed by atoms with E-state index in [-0.39, 0.29) is 11.3 Å². The van der Waals surface area contributed by atoms with Crippen LogP contribution in [-0.4, -0.2) is 16.2 Å². The number of para-hydroxylation sites is 1. The molecule has 0 aromatic heterocycles. The van der Waals surface area contributed by atoms with E-state index >= 15 is 0 Å². The lowest BCUT2D eigenvalue weighted by Crippen LogP contribution is -2.03. The lowest BCUT2D eigenvalue weighted by atomic mass is 10.1. The van der Waals surface area contributed by atoms with Gasteiger partial charge in [0.2, 0.25) is 0 Å². The largest absolute Gasteiger partial charge is 0.507 e. The molecule has 0 radical (unpaired) electrons. The van der Waals surface area contributed by atoms with Crippen molar-refractivity contribution in [2.75, 3.05) is 5.32 Å². The van der Waals surface area contributed by atoms with E-state index in [4.69, 9.17) is 5.11 Å². The van der Waals surface area contributed by atoms with Crippen LogP contribution < -0.4 is 5.32 Å². The topological polar surface area (TPSA) is 69.6 Å².